The van der Waals surface area contributed by atoms with E-state index in [0.29, 0.717) is 17.2 Å². The topological polar surface area (TPSA) is 61.0 Å². The maximum Gasteiger partial charge on any atom is 0.226 e. The van der Waals surface area contributed by atoms with Gasteiger partial charge in [-0.05, 0) is 49.1 Å². The molecule has 0 amide bonds. The van der Waals surface area contributed by atoms with Gasteiger partial charge in [0, 0.05) is 38.7 Å². The van der Waals surface area contributed by atoms with Crippen LogP contribution in [0.3, 0.4) is 0 Å². The first-order valence-corrected chi connectivity index (χ1v) is 12.7. The maximum atomic E-state index is 14.4. The summed E-state index contributed by atoms with van der Waals surface area (Å²) in [5.74, 6) is 2.11. The third-order valence-corrected chi connectivity index (χ3v) is 7.33. The van der Waals surface area contributed by atoms with Crippen LogP contribution < -0.4 is 9.64 Å². The summed E-state index contributed by atoms with van der Waals surface area (Å²) in [6.45, 7) is 2.80. The van der Waals surface area contributed by atoms with Crippen molar-refractivity contribution in [2.75, 3.05) is 18.0 Å². The van der Waals surface area contributed by atoms with Crippen LogP contribution in [0.15, 0.2) is 67.1 Å². The highest BCUT2D eigenvalue weighted by Crippen LogP contribution is 2.35. The molecule has 1 aliphatic heterocycles. The van der Waals surface area contributed by atoms with Crippen LogP contribution in [0.2, 0.25) is 0 Å². The third kappa shape index (κ3) is 3.77. The number of piperidine rings is 1. The van der Waals surface area contributed by atoms with Gasteiger partial charge in [0.25, 0.3) is 0 Å². The first kappa shape index (κ1) is 21.4. The van der Waals surface area contributed by atoms with E-state index < -0.39 is 0 Å². The van der Waals surface area contributed by atoms with Gasteiger partial charge in [-0.1, -0.05) is 24.3 Å². The molecule has 0 radical (unpaired) electrons. The molecule has 182 valence electrons. The Morgan fingerprint density at radius 3 is 2.56 bits per heavy atom. The van der Waals surface area contributed by atoms with Crippen molar-refractivity contribution < 1.29 is 9.13 Å². The maximum absolute atomic E-state index is 14.4. The normalized spacial score (nSPS) is 16.8. The Labute approximate surface area is 208 Å². The van der Waals surface area contributed by atoms with Gasteiger partial charge in [-0.25, -0.2) is 19.3 Å². The Kier molecular flexibility index (Phi) is 5.11. The summed E-state index contributed by atoms with van der Waals surface area (Å²) in [5.41, 5.74) is 3.38. The minimum atomic E-state index is -0.295. The Bertz CT molecular complexity index is 1550. The standard InChI is InChI=1S/C28H27FN6O/c29-22-5-1-3-7-24(22)34-16-13-21-26(34)30-18-31-27(21)36-20-11-14-33(15-12-20)28-32-23-6-2-4-8-25(23)35(28)17-19-9-10-19/h1-8,13,16,18-20H,9-12,14-15,17H2. The summed E-state index contributed by atoms with van der Waals surface area (Å²) in [7, 11) is 0. The number of rotatable bonds is 6. The number of halogens is 1. The van der Waals surface area contributed by atoms with E-state index in [1.165, 1.54) is 30.8 Å². The van der Waals surface area contributed by atoms with Gasteiger partial charge < -0.3 is 14.2 Å². The molecule has 1 saturated carbocycles. The van der Waals surface area contributed by atoms with E-state index in [1.807, 2.05) is 18.3 Å². The van der Waals surface area contributed by atoms with Crippen molar-refractivity contribution in [3.05, 3.63) is 72.9 Å². The van der Waals surface area contributed by atoms with E-state index in [0.717, 1.165) is 55.2 Å². The van der Waals surface area contributed by atoms with Crippen LogP contribution in [0.25, 0.3) is 27.8 Å². The molecule has 0 unspecified atom stereocenters. The zero-order valence-corrected chi connectivity index (χ0v) is 19.9. The van der Waals surface area contributed by atoms with Crippen molar-refractivity contribution >= 4 is 28.0 Å². The second-order valence-electron chi connectivity index (χ2n) is 9.81. The van der Waals surface area contributed by atoms with Crippen molar-refractivity contribution in [2.24, 2.45) is 5.92 Å². The summed E-state index contributed by atoms with van der Waals surface area (Å²) in [5, 5.41) is 0.786. The highest BCUT2D eigenvalue weighted by Gasteiger charge is 2.29. The Hall–Kier alpha value is -3.94. The number of anilines is 1. The quantitative estimate of drug-likeness (QED) is 0.326. The van der Waals surface area contributed by atoms with Crippen molar-refractivity contribution in [1.29, 1.82) is 0 Å². The molecule has 0 spiro atoms. The molecular weight excluding hydrogens is 455 g/mol. The molecule has 2 aromatic carbocycles. The SMILES string of the molecule is Fc1ccccc1-n1ccc2c(OC3CCN(c4nc5ccccc5n4CC4CC4)CC3)ncnc21. The fraction of sp³-hybridized carbons (Fsp3) is 0.321. The summed E-state index contributed by atoms with van der Waals surface area (Å²) in [6, 6.07) is 17.0. The minimum absolute atomic E-state index is 0.0532. The predicted octanol–water partition coefficient (Wildman–Crippen LogP) is 5.37. The number of nitrogens with zero attached hydrogens (tertiary/aromatic N) is 6. The van der Waals surface area contributed by atoms with Crippen molar-refractivity contribution in [1.82, 2.24) is 24.1 Å². The molecule has 2 fully saturated rings. The Morgan fingerprint density at radius 2 is 1.72 bits per heavy atom. The van der Waals surface area contributed by atoms with Gasteiger partial charge in [0.15, 0.2) is 5.65 Å². The van der Waals surface area contributed by atoms with Crippen LogP contribution in [0.4, 0.5) is 10.3 Å². The predicted molar refractivity (Wildman–Crippen MR) is 137 cm³/mol. The lowest BCUT2D eigenvalue weighted by Gasteiger charge is -2.33. The number of para-hydroxylation sites is 3. The fourth-order valence-corrected chi connectivity index (χ4v) is 5.24. The van der Waals surface area contributed by atoms with E-state index >= 15 is 0 Å². The Morgan fingerprint density at radius 1 is 0.917 bits per heavy atom. The summed E-state index contributed by atoms with van der Waals surface area (Å²) in [4.78, 5) is 16.2. The number of hydrogen-bond donors (Lipinski definition) is 0. The molecule has 5 aromatic rings. The molecule has 1 aliphatic carbocycles. The molecule has 0 N–H and O–H groups in total. The average Bonchev–Trinajstić information content (AvgIpc) is 3.51. The van der Waals surface area contributed by atoms with Gasteiger partial charge in [0.2, 0.25) is 11.8 Å². The van der Waals surface area contributed by atoms with Crippen LogP contribution in [0.5, 0.6) is 5.88 Å². The van der Waals surface area contributed by atoms with E-state index in [2.05, 4.69) is 43.7 Å². The van der Waals surface area contributed by atoms with Crippen LogP contribution in [0, 0.1) is 11.7 Å². The molecule has 7 nitrogen and oxygen atoms in total. The summed E-state index contributed by atoms with van der Waals surface area (Å²) < 4.78 is 24.9. The molecule has 4 heterocycles. The molecule has 0 bridgehead atoms. The number of aromatic nitrogens is 5. The van der Waals surface area contributed by atoms with Gasteiger partial charge in [-0.3, -0.25) is 4.57 Å². The molecule has 1 saturated heterocycles. The first-order chi connectivity index (χ1) is 17.7. The monoisotopic (exact) mass is 482 g/mol. The molecule has 2 aliphatic rings. The number of benzene rings is 2. The highest BCUT2D eigenvalue weighted by molar-refractivity contribution is 5.83. The average molecular weight is 483 g/mol. The molecule has 3 aromatic heterocycles. The smallest absolute Gasteiger partial charge is 0.226 e. The lowest BCUT2D eigenvalue weighted by atomic mass is 10.1. The molecule has 0 atom stereocenters. The molecule has 36 heavy (non-hydrogen) atoms. The lowest BCUT2D eigenvalue weighted by molar-refractivity contribution is 0.165. The number of hydrogen-bond acceptors (Lipinski definition) is 5. The number of ether oxygens (including phenoxy) is 1. The van der Waals surface area contributed by atoms with Gasteiger partial charge in [0.1, 0.15) is 18.2 Å². The molecular formula is C28H27FN6O. The third-order valence-electron chi connectivity index (χ3n) is 7.33. The van der Waals surface area contributed by atoms with Crippen molar-refractivity contribution in [3.8, 4) is 11.6 Å². The second kappa shape index (κ2) is 8.62. The van der Waals surface area contributed by atoms with Gasteiger partial charge in [-0.15, -0.1) is 0 Å². The minimum Gasteiger partial charge on any atom is -0.474 e. The van der Waals surface area contributed by atoms with E-state index in [1.54, 1.807) is 16.7 Å². The number of imidazole rings is 1. The molecule has 8 heteroatoms. The van der Waals surface area contributed by atoms with E-state index in [9.17, 15) is 4.39 Å². The van der Waals surface area contributed by atoms with Crippen LogP contribution in [-0.4, -0.2) is 43.3 Å². The van der Waals surface area contributed by atoms with Crippen LogP contribution in [-0.2, 0) is 6.54 Å². The van der Waals surface area contributed by atoms with Crippen LogP contribution in [0.1, 0.15) is 25.7 Å². The largest absolute Gasteiger partial charge is 0.474 e. The second-order valence-corrected chi connectivity index (χ2v) is 9.81. The zero-order valence-electron chi connectivity index (χ0n) is 19.9. The highest BCUT2D eigenvalue weighted by atomic mass is 19.1. The van der Waals surface area contributed by atoms with Crippen molar-refractivity contribution in [2.45, 2.75) is 38.3 Å². The van der Waals surface area contributed by atoms with Gasteiger partial charge in [0.05, 0.1) is 22.1 Å². The molecule has 7 rings (SSSR count). The van der Waals surface area contributed by atoms with Crippen molar-refractivity contribution in [3.63, 3.8) is 0 Å². The summed E-state index contributed by atoms with van der Waals surface area (Å²) >= 11 is 0. The van der Waals surface area contributed by atoms with Gasteiger partial charge >= 0.3 is 0 Å². The lowest BCUT2D eigenvalue weighted by Crippen LogP contribution is -2.39. The zero-order chi connectivity index (χ0) is 24.1. The summed E-state index contributed by atoms with van der Waals surface area (Å²) in [6.07, 6.45) is 7.75. The fourth-order valence-electron chi connectivity index (χ4n) is 5.24. The van der Waals surface area contributed by atoms with Gasteiger partial charge in [-0.2, -0.15) is 0 Å². The first-order valence-electron chi connectivity index (χ1n) is 12.7. The van der Waals surface area contributed by atoms with Crippen LogP contribution >= 0.6 is 0 Å². The Balaban J connectivity index is 1.10. The number of fused-ring (bicyclic) bond motifs is 2. The van der Waals surface area contributed by atoms with E-state index in [4.69, 9.17) is 9.72 Å². The van der Waals surface area contributed by atoms with E-state index in [-0.39, 0.29) is 11.9 Å².